The van der Waals surface area contributed by atoms with Crippen molar-refractivity contribution >= 4 is 11.9 Å². The van der Waals surface area contributed by atoms with Gasteiger partial charge in [0, 0.05) is 12.1 Å². The molecule has 6 heteroatoms. The van der Waals surface area contributed by atoms with Crippen LogP contribution in [0.1, 0.15) is 23.8 Å². The molecule has 1 atom stereocenters. The predicted octanol–water partition coefficient (Wildman–Crippen LogP) is 1.56. The van der Waals surface area contributed by atoms with Gasteiger partial charge in [-0.3, -0.25) is 0 Å². The lowest BCUT2D eigenvalue weighted by Gasteiger charge is -2.12. The summed E-state index contributed by atoms with van der Waals surface area (Å²) in [6, 6.07) is 1.34. The van der Waals surface area contributed by atoms with Gasteiger partial charge < -0.3 is 15.2 Å². The number of anilines is 1. The van der Waals surface area contributed by atoms with Crippen LogP contribution in [-0.4, -0.2) is 34.2 Å². The van der Waals surface area contributed by atoms with Gasteiger partial charge in [0.2, 0.25) is 11.8 Å². The van der Waals surface area contributed by atoms with E-state index in [0.717, 1.165) is 6.42 Å². The number of nitrogens with zero attached hydrogens (tertiary/aromatic N) is 2. The maximum absolute atomic E-state index is 10.8. The smallest absolute Gasteiger partial charge is 0.354 e. The molecule has 0 bridgehead atoms. The Morgan fingerprint density at radius 2 is 2.41 bits per heavy atom. The zero-order valence-corrected chi connectivity index (χ0v) is 9.80. The molecule has 0 aliphatic carbocycles. The van der Waals surface area contributed by atoms with Crippen LogP contribution in [0.25, 0.3) is 0 Å². The molecule has 0 radical (unpaired) electrons. The number of rotatable bonds is 6. The first-order valence-corrected chi connectivity index (χ1v) is 5.10. The summed E-state index contributed by atoms with van der Waals surface area (Å²) in [6.07, 6.45) is 2.49. The number of ether oxygens (including phenoxy) is 1. The number of hydrogen-bond acceptors (Lipinski definition) is 5. The molecular weight excluding hydrogens is 222 g/mol. The van der Waals surface area contributed by atoms with Crippen molar-refractivity contribution in [3.8, 4) is 5.88 Å². The third-order valence-corrected chi connectivity index (χ3v) is 2.03. The Morgan fingerprint density at radius 3 is 2.94 bits per heavy atom. The second kappa shape index (κ2) is 5.83. The molecule has 2 N–H and O–H groups in total. The molecule has 0 saturated heterocycles. The van der Waals surface area contributed by atoms with Gasteiger partial charge in [0.1, 0.15) is 0 Å². The third kappa shape index (κ3) is 3.75. The van der Waals surface area contributed by atoms with Crippen LogP contribution in [-0.2, 0) is 0 Å². The number of carboxylic acids is 1. The minimum absolute atomic E-state index is 0.0706. The summed E-state index contributed by atoms with van der Waals surface area (Å²) in [5, 5.41) is 11.9. The molecule has 17 heavy (non-hydrogen) atoms. The maximum Gasteiger partial charge on any atom is 0.354 e. The van der Waals surface area contributed by atoms with Gasteiger partial charge in [0.05, 0.1) is 7.11 Å². The van der Waals surface area contributed by atoms with Crippen LogP contribution in [0.5, 0.6) is 5.88 Å². The SMILES string of the molecule is C=CCC(C)Nc1nc(OC)cc(C(=O)O)n1. The van der Waals surface area contributed by atoms with E-state index in [1.807, 2.05) is 6.92 Å². The Hall–Kier alpha value is -2.11. The number of carboxylic acid groups (broad SMARTS) is 1. The second-order valence-electron chi connectivity index (χ2n) is 3.49. The molecular formula is C11H15N3O3. The summed E-state index contributed by atoms with van der Waals surface area (Å²) in [4.78, 5) is 18.7. The molecule has 6 nitrogen and oxygen atoms in total. The van der Waals surface area contributed by atoms with Crippen LogP contribution in [0.3, 0.4) is 0 Å². The monoisotopic (exact) mass is 237 g/mol. The van der Waals surface area contributed by atoms with Crippen LogP contribution in [0.15, 0.2) is 18.7 Å². The number of nitrogens with one attached hydrogen (secondary N) is 1. The van der Waals surface area contributed by atoms with E-state index >= 15 is 0 Å². The van der Waals surface area contributed by atoms with Gasteiger partial charge in [-0.1, -0.05) is 6.08 Å². The van der Waals surface area contributed by atoms with Crippen LogP contribution in [0.2, 0.25) is 0 Å². The number of carbonyl (C=O) groups is 1. The standard InChI is InChI=1S/C11H15N3O3/c1-4-5-7(2)12-11-13-8(10(15)16)6-9(14-11)17-3/h4,6-7H,1,5H2,2-3H3,(H,15,16)(H,12,13,14). The predicted molar refractivity (Wildman–Crippen MR) is 63.4 cm³/mol. The van der Waals surface area contributed by atoms with Crippen molar-refractivity contribution in [1.82, 2.24) is 9.97 Å². The van der Waals surface area contributed by atoms with Crippen molar-refractivity contribution in [3.05, 3.63) is 24.4 Å². The second-order valence-corrected chi connectivity index (χ2v) is 3.49. The van der Waals surface area contributed by atoms with Gasteiger partial charge in [0.25, 0.3) is 0 Å². The van der Waals surface area contributed by atoms with Crippen molar-refractivity contribution in [3.63, 3.8) is 0 Å². The molecule has 0 amide bonds. The fourth-order valence-electron chi connectivity index (χ4n) is 1.23. The Labute approximate surface area is 99.4 Å². The molecule has 0 fully saturated rings. The quantitative estimate of drug-likeness (QED) is 0.730. The van der Waals surface area contributed by atoms with Crippen molar-refractivity contribution < 1.29 is 14.6 Å². The van der Waals surface area contributed by atoms with Gasteiger partial charge >= 0.3 is 5.97 Å². The van der Waals surface area contributed by atoms with E-state index in [9.17, 15) is 4.79 Å². The van der Waals surface area contributed by atoms with E-state index < -0.39 is 5.97 Å². The average Bonchev–Trinajstić information content (AvgIpc) is 2.28. The van der Waals surface area contributed by atoms with Crippen molar-refractivity contribution in [2.75, 3.05) is 12.4 Å². The van der Waals surface area contributed by atoms with Crippen LogP contribution in [0.4, 0.5) is 5.95 Å². The van der Waals surface area contributed by atoms with Crippen LogP contribution in [0, 0.1) is 0 Å². The van der Waals surface area contributed by atoms with E-state index in [1.54, 1.807) is 6.08 Å². The van der Waals surface area contributed by atoms with Crippen LogP contribution >= 0.6 is 0 Å². The van der Waals surface area contributed by atoms with Crippen molar-refractivity contribution in [1.29, 1.82) is 0 Å². The first kappa shape index (κ1) is 13.0. The number of hydrogen-bond donors (Lipinski definition) is 2. The molecule has 0 aliphatic heterocycles. The zero-order chi connectivity index (χ0) is 12.8. The lowest BCUT2D eigenvalue weighted by atomic mass is 10.2. The Kier molecular flexibility index (Phi) is 4.45. The fourth-order valence-corrected chi connectivity index (χ4v) is 1.23. The number of aromatic nitrogens is 2. The van der Waals surface area contributed by atoms with E-state index in [0.29, 0.717) is 0 Å². The molecule has 0 aliphatic rings. The molecule has 1 unspecified atom stereocenters. The number of methoxy groups -OCH3 is 1. The highest BCUT2D eigenvalue weighted by molar-refractivity contribution is 5.86. The highest BCUT2D eigenvalue weighted by atomic mass is 16.5. The van der Waals surface area contributed by atoms with Gasteiger partial charge in [-0.2, -0.15) is 4.98 Å². The molecule has 0 spiro atoms. The highest BCUT2D eigenvalue weighted by Gasteiger charge is 2.11. The lowest BCUT2D eigenvalue weighted by molar-refractivity contribution is 0.0690. The van der Waals surface area contributed by atoms with Crippen molar-refractivity contribution in [2.24, 2.45) is 0 Å². The van der Waals surface area contributed by atoms with E-state index in [1.165, 1.54) is 13.2 Å². The summed E-state index contributed by atoms with van der Waals surface area (Å²) in [7, 11) is 1.42. The minimum Gasteiger partial charge on any atom is -0.481 e. The third-order valence-electron chi connectivity index (χ3n) is 2.03. The van der Waals surface area contributed by atoms with E-state index in [-0.39, 0.29) is 23.6 Å². The normalized spacial score (nSPS) is 11.6. The van der Waals surface area contributed by atoms with Gasteiger partial charge in [-0.15, -0.1) is 6.58 Å². The zero-order valence-electron chi connectivity index (χ0n) is 9.80. The van der Waals surface area contributed by atoms with Gasteiger partial charge in [0.15, 0.2) is 5.69 Å². The molecule has 1 aromatic rings. The van der Waals surface area contributed by atoms with Gasteiger partial charge in [-0.05, 0) is 13.3 Å². The molecule has 0 aromatic carbocycles. The average molecular weight is 237 g/mol. The molecule has 0 saturated carbocycles. The first-order valence-electron chi connectivity index (χ1n) is 5.10. The summed E-state index contributed by atoms with van der Waals surface area (Å²) >= 11 is 0. The van der Waals surface area contributed by atoms with Gasteiger partial charge in [-0.25, -0.2) is 9.78 Å². The maximum atomic E-state index is 10.8. The Balaban J connectivity index is 2.94. The Morgan fingerprint density at radius 1 is 1.71 bits per heavy atom. The Bertz CT molecular complexity index is 420. The number of aromatic carboxylic acids is 1. The minimum atomic E-state index is -1.12. The molecule has 92 valence electrons. The summed E-state index contributed by atoms with van der Waals surface area (Å²) < 4.78 is 4.91. The topological polar surface area (TPSA) is 84.3 Å². The highest BCUT2D eigenvalue weighted by Crippen LogP contribution is 2.13. The van der Waals surface area contributed by atoms with E-state index in [2.05, 4.69) is 21.9 Å². The van der Waals surface area contributed by atoms with E-state index in [4.69, 9.17) is 9.84 Å². The molecule has 1 aromatic heterocycles. The first-order chi connectivity index (χ1) is 8.06. The summed E-state index contributed by atoms with van der Waals surface area (Å²) in [6.45, 7) is 5.54. The summed E-state index contributed by atoms with van der Waals surface area (Å²) in [5.41, 5.74) is -0.106. The van der Waals surface area contributed by atoms with Crippen LogP contribution < -0.4 is 10.1 Å². The molecule has 1 rings (SSSR count). The summed E-state index contributed by atoms with van der Waals surface area (Å²) in [5.74, 6) is -0.674. The van der Waals surface area contributed by atoms with Crippen molar-refractivity contribution in [2.45, 2.75) is 19.4 Å². The largest absolute Gasteiger partial charge is 0.481 e. The molecule has 1 heterocycles. The lowest BCUT2D eigenvalue weighted by Crippen LogP contribution is -2.17. The fraction of sp³-hybridized carbons (Fsp3) is 0.364.